The van der Waals surface area contributed by atoms with E-state index in [0.29, 0.717) is 18.4 Å². The number of fused-ring (bicyclic) bond motifs is 1. The van der Waals surface area contributed by atoms with E-state index in [2.05, 4.69) is 0 Å². The fourth-order valence-electron chi connectivity index (χ4n) is 2.61. The molecular formula is C19H17NO3S. The zero-order chi connectivity index (χ0) is 17.2. The average molecular weight is 339 g/mol. The van der Waals surface area contributed by atoms with Crippen LogP contribution in [0, 0.1) is 0 Å². The third kappa shape index (κ3) is 3.69. The molecular weight excluding hydrogens is 322 g/mol. The molecule has 0 aliphatic rings. The van der Waals surface area contributed by atoms with Gasteiger partial charge in [-0.25, -0.2) is 13.6 Å². The molecule has 2 N–H and O–H groups in total. The molecule has 0 saturated heterocycles. The summed E-state index contributed by atoms with van der Waals surface area (Å²) < 4.78 is 22.5. The molecule has 0 bridgehead atoms. The standard InChI is InChI=1S/C19H17NO3S/c20-24(22,23)18-10-5-14(6-11-18)7-12-19(21)17-9-8-15-3-1-2-4-16(15)13-17/h1-6,8-11,13H,7,12H2,(H2,20,22,23). The highest BCUT2D eigenvalue weighted by Gasteiger charge is 2.09. The van der Waals surface area contributed by atoms with E-state index in [-0.39, 0.29) is 10.7 Å². The van der Waals surface area contributed by atoms with Gasteiger partial charge in [0.25, 0.3) is 0 Å². The lowest BCUT2D eigenvalue weighted by Crippen LogP contribution is -2.12. The number of carbonyl (C=O) groups is 1. The number of sulfonamides is 1. The molecule has 122 valence electrons. The fourth-order valence-corrected chi connectivity index (χ4v) is 3.13. The molecule has 3 rings (SSSR count). The van der Waals surface area contributed by atoms with E-state index in [1.165, 1.54) is 12.1 Å². The average Bonchev–Trinajstić information content (AvgIpc) is 2.59. The number of benzene rings is 3. The summed E-state index contributed by atoms with van der Waals surface area (Å²) >= 11 is 0. The van der Waals surface area contributed by atoms with Gasteiger partial charge in [-0.05, 0) is 41.0 Å². The van der Waals surface area contributed by atoms with E-state index in [0.717, 1.165) is 16.3 Å². The van der Waals surface area contributed by atoms with Gasteiger partial charge in [-0.3, -0.25) is 4.79 Å². The van der Waals surface area contributed by atoms with Gasteiger partial charge in [-0.2, -0.15) is 0 Å². The van der Waals surface area contributed by atoms with Gasteiger partial charge in [-0.1, -0.05) is 48.5 Å². The number of aryl methyl sites for hydroxylation is 1. The van der Waals surface area contributed by atoms with Gasteiger partial charge in [0.2, 0.25) is 10.0 Å². The predicted molar refractivity (Wildman–Crippen MR) is 94.4 cm³/mol. The molecule has 0 aromatic heterocycles. The number of carbonyl (C=O) groups excluding carboxylic acids is 1. The van der Waals surface area contributed by atoms with Crippen molar-refractivity contribution in [3.05, 3.63) is 77.9 Å². The van der Waals surface area contributed by atoms with Gasteiger partial charge >= 0.3 is 0 Å². The molecule has 4 nitrogen and oxygen atoms in total. The van der Waals surface area contributed by atoms with Crippen molar-refractivity contribution in [1.29, 1.82) is 0 Å². The maximum atomic E-state index is 12.4. The van der Waals surface area contributed by atoms with Crippen molar-refractivity contribution < 1.29 is 13.2 Å². The van der Waals surface area contributed by atoms with Crippen LogP contribution in [0.3, 0.4) is 0 Å². The Hall–Kier alpha value is -2.50. The number of nitrogens with two attached hydrogens (primary N) is 1. The van der Waals surface area contributed by atoms with Crippen molar-refractivity contribution in [2.45, 2.75) is 17.7 Å². The van der Waals surface area contributed by atoms with Crippen LogP contribution in [-0.2, 0) is 16.4 Å². The predicted octanol–water partition coefficient (Wildman–Crippen LogP) is 3.30. The van der Waals surface area contributed by atoms with E-state index in [1.54, 1.807) is 12.1 Å². The summed E-state index contributed by atoms with van der Waals surface area (Å²) in [5.41, 5.74) is 1.59. The lowest BCUT2D eigenvalue weighted by Gasteiger charge is -2.05. The summed E-state index contributed by atoms with van der Waals surface area (Å²) in [6.07, 6.45) is 0.920. The molecule has 0 spiro atoms. The quantitative estimate of drug-likeness (QED) is 0.725. The Bertz CT molecular complexity index is 993. The van der Waals surface area contributed by atoms with Gasteiger partial charge in [0, 0.05) is 12.0 Å². The highest BCUT2D eigenvalue weighted by molar-refractivity contribution is 7.89. The maximum Gasteiger partial charge on any atom is 0.238 e. The lowest BCUT2D eigenvalue weighted by molar-refractivity contribution is 0.0983. The third-order valence-electron chi connectivity index (χ3n) is 3.96. The second-order valence-corrected chi connectivity index (χ2v) is 7.24. The minimum atomic E-state index is -3.68. The molecule has 0 atom stereocenters. The van der Waals surface area contributed by atoms with Crippen LogP contribution in [0.4, 0.5) is 0 Å². The van der Waals surface area contributed by atoms with Crippen LogP contribution in [0.15, 0.2) is 71.6 Å². The minimum absolute atomic E-state index is 0.0660. The van der Waals surface area contributed by atoms with Crippen molar-refractivity contribution in [3.63, 3.8) is 0 Å². The molecule has 0 aliphatic carbocycles. The first-order valence-electron chi connectivity index (χ1n) is 7.57. The molecule has 0 radical (unpaired) electrons. The van der Waals surface area contributed by atoms with Crippen molar-refractivity contribution in [2.24, 2.45) is 5.14 Å². The van der Waals surface area contributed by atoms with E-state index in [9.17, 15) is 13.2 Å². The zero-order valence-electron chi connectivity index (χ0n) is 13.0. The SMILES string of the molecule is NS(=O)(=O)c1ccc(CCC(=O)c2ccc3ccccc3c2)cc1. The van der Waals surface area contributed by atoms with Crippen LogP contribution in [0.25, 0.3) is 10.8 Å². The Balaban J connectivity index is 1.70. The summed E-state index contributed by atoms with van der Waals surface area (Å²) in [6, 6.07) is 19.9. The molecule has 24 heavy (non-hydrogen) atoms. The Morgan fingerprint density at radius 2 is 1.54 bits per heavy atom. The van der Waals surface area contributed by atoms with Crippen LogP contribution in [0.5, 0.6) is 0 Å². The molecule has 3 aromatic carbocycles. The highest BCUT2D eigenvalue weighted by Crippen LogP contribution is 2.18. The second kappa shape index (κ2) is 6.55. The largest absolute Gasteiger partial charge is 0.294 e. The van der Waals surface area contributed by atoms with Crippen molar-refractivity contribution >= 4 is 26.6 Å². The van der Waals surface area contributed by atoms with Gasteiger partial charge in [0.1, 0.15) is 0 Å². The molecule has 0 unspecified atom stereocenters. The van der Waals surface area contributed by atoms with Crippen LogP contribution in [-0.4, -0.2) is 14.2 Å². The monoisotopic (exact) mass is 339 g/mol. The summed E-state index contributed by atoms with van der Waals surface area (Å²) in [5.74, 6) is 0.0660. The van der Waals surface area contributed by atoms with Crippen LogP contribution >= 0.6 is 0 Å². The summed E-state index contributed by atoms with van der Waals surface area (Å²) in [4.78, 5) is 12.4. The Morgan fingerprint density at radius 1 is 0.875 bits per heavy atom. The molecule has 0 amide bonds. The van der Waals surface area contributed by atoms with Gasteiger partial charge in [0.15, 0.2) is 5.78 Å². The topological polar surface area (TPSA) is 77.2 Å². The second-order valence-electron chi connectivity index (χ2n) is 5.67. The van der Waals surface area contributed by atoms with Crippen LogP contribution < -0.4 is 5.14 Å². The molecule has 0 aliphatic heterocycles. The molecule has 0 heterocycles. The Morgan fingerprint density at radius 3 is 2.21 bits per heavy atom. The first kappa shape index (κ1) is 16.4. The summed E-state index contributed by atoms with van der Waals surface area (Å²) in [6.45, 7) is 0. The molecule has 3 aromatic rings. The summed E-state index contributed by atoms with van der Waals surface area (Å²) in [7, 11) is -3.68. The molecule has 5 heteroatoms. The van der Waals surface area contributed by atoms with Gasteiger partial charge in [-0.15, -0.1) is 0 Å². The third-order valence-corrected chi connectivity index (χ3v) is 4.89. The van der Waals surface area contributed by atoms with E-state index in [4.69, 9.17) is 5.14 Å². The Labute approximate surface area is 141 Å². The van der Waals surface area contributed by atoms with Crippen LogP contribution in [0.2, 0.25) is 0 Å². The first-order chi connectivity index (χ1) is 11.4. The fraction of sp³-hybridized carbons (Fsp3) is 0.105. The number of hydrogen-bond donors (Lipinski definition) is 1. The Kier molecular flexibility index (Phi) is 4.46. The number of primary sulfonamides is 1. The first-order valence-corrected chi connectivity index (χ1v) is 9.12. The van der Waals surface area contributed by atoms with Crippen LogP contribution in [0.1, 0.15) is 22.3 Å². The number of Topliss-reactive ketones (excluding diaryl/α,β-unsaturated/α-hetero) is 1. The summed E-state index contributed by atoms with van der Waals surface area (Å²) in [5, 5.41) is 7.22. The number of hydrogen-bond acceptors (Lipinski definition) is 3. The van der Waals surface area contributed by atoms with E-state index >= 15 is 0 Å². The lowest BCUT2D eigenvalue weighted by atomic mass is 10.00. The number of rotatable bonds is 5. The van der Waals surface area contributed by atoms with Crippen molar-refractivity contribution in [1.82, 2.24) is 0 Å². The number of ketones is 1. The molecule has 0 saturated carbocycles. The molecule has 0 fully saturated rings. The van der Waals surface area contributed by atoms with Gasteiger partial charge in [0.05, 0.1) is 4.90 Å². The minimum Gasteiger partial charge on any atom is -0.294 e. The van der Waals surface area contributed by atoms with E-state index in [1.807, 2.05) is 42.5 Å². The van der Waals surface area contributed by atoms with Gasteiger partial charge < -0.3 is 0 Å². The van der Waals surface area contributed by atoms with Crippen molar-refractivity contribution in [2.75, 3.05) is 0 Å². The van der Waals surface area contributed by atoms with Crippen molar-refractivity contribution in [3.8, 4) is 0 Å². The maximum absolute atomic E-state index is 12.4. The normalized spacial score (nSPS) is 11.5. The smallest absolute Gasteiger partial charge is 0.238 e. The zero-order valence-corrected chi connectivity index (χ0v) is 13.8. The highest BCUT2D eigenvalue weighted by atomic mass is 32.2. The van der Waals surface area contributed by atoms with E-state index < -0.39 is 10.0 Å².